The summed E-state index contributed by atoms with van der Waals surface area (Å²) in [6.45, 7) is 2.91. The normalized spacial score (nSPS) is 20.8. The van der Waals surface area contributed by atoms with Crippen LogP contribution >= 0.6 is 0 Å². The molecule has 1 atom stereocenters. The van der Waals surface area contributed by atoms with E-state index in [1.54, 1.807) is 6.92 Å². The molecule has 0 aliphatic carbocycles. The number of ketones is 1. The summed E-state index contributed by atoms with van der Waals surface area (Å²) in [6, 6.07) is 2.77. The number of aliphatic hydroxyl groups excluding tert-OH is 1. The Kier molecular flexibility index (Phi) is 4.03. The van der Waals surface area contributed by atoms with Crippen LogP contribution in [-0.4, -0.2) is 23.6 Å². The van der Waals surface area contributed by atoms with Crippen LogP contribution in [0.25, 0.3) is 0 Å². The first-order chi connectivity index (χ1) is 10.3. The summed E-state index contributed by atoms with van der Waals surface area (Å²) >= 11 is 0. The van der Waals surface area contributed by atoms with Gasteiger partial charge in [0.1, 0.15) is 0 Å². The van der Waals surface area contributed by atoms with E-state index in [4.69, 9.17) is 4.74 Å². The molecule has 8 heteroatoms. The third kappa shape index (κ3) is 2.59. The van der Waals surface area contributed by atoms with Crippen molar-refractivity contribution >= 4 is 11.9 Å². The molecule has 1 heterocycles. The number of hydrogen-bond donors (Lipinski definition) is 2. The number of Topliss-reactive ketones (excluding diaryl/α,β-unsaturated/α-hetero) is 1. The van der Waals surface area contributed by atoms with Crippen LogP contribution in [0.3, 0.4) is 0 Å². The molecule has 2 N–H and O–H groups in total. The monoisotopic (exact) mass is 313 g/mol. The fraction of sp³-hybridized carbons (Fsp3) is 0.286. The maximum atomic E-state index is 13.3. The minimum Gasteiger partial charge on any atom is -0.501 e. The van der Waals surface area contributed by atoms with Gasteiger partial charge in [-0.15, -0.1) is 0 Å². The SMILES string of the molecule is CCOC(=O)NC1=C(O)C(=O)C(C)(c2ccc(F)c(F)c2)O1. The van der Waals surface area contributed by atoms with Gasteiger partial charge < -0.3 is 14.6 Å². The van der Waals surface area contributed by atoms with E-state index in [1.807, 2.05) is 0 Å². The van der Waals surface area contributed by atoms with E-state index >= 15 is 0 Å². The van der Waals surface area contributed by atoms with Gasteiger partial charge in [0.05, 0.1) is 6.61 Å². The van der Waals surface area contributed by atoms with Crippen LogP contribution in [0, 0.1) is 11.6 Å². The summed E-state index contributed by atoms with van der Waals surface area (Å²) < 4.78 is 36.2. The third-order valence-corrected chi connectivity index (χ3v) is 3.13. The fourth-order valence-corrected chi connectivity index (χ4v) is 1.96. The molecule has 1 aliphatic heterocycles. The van der Waals surface area contributed by atoms with E-state index in [9.17, 15) is 23.5 Å². The molecule has 0 saturated heterocycles. The molecule has 2 rings (SSSR count). The predicted octanol–water partition coefficient (Wildman–Crippen LogP) is 2.25. The number of nitrogens with one attached hydrogen (secondary N) is 1. The first-order valence-electron chi connectivity index (χ1n) is 6.36. The Morgan fingerprint density at radius 2 is 2.09 bits per heavy atom. The average Bonchev–Trinajstić information content (AvgIpc) is 2.67. The predicted molar refractivity (Wildman–Crippen MR) is 69.6 cm³/mol. The second kappa shape index (κ2) is 5.63. The molecule has 1 unspecified atom stereocenters. The molecule has 118 valence electrons. The second-order valence-electron chi connectivity index (χ2n) is 4.62. The Hall–Kier alpha value is -2.64. The summed E-state index contributed by atoms with van der Waals surface area (Å²) in [4.78, 5) is 23.5. The van der Waals surface area contributed by atoms with Gasteiger partial charge in [-0.3, -0.25) is 10.1 Å². The molecule has 0 aromatic heterocycles. The number of carbonyl (C=O) groups is 2. The van der Waals surface area contributed by atoms with Crippen molar-refractivity contribution in [2.75, 3.05) is 6.61 Å². The summed E-state index contributed by atoms with van der Waals surface area (Å²) in [5.74, 6) is -4.48. The molecule has 22 heavy (non-hydrogen) atoms. The smallest absolute Gasteiger partial charge is 0.414 e. The summed E-state index contributed by atoms with van der Waals surface area (Å²) in [5.41, 5.74) is -1.79. The van der Waals surface area contributed by atoms with Crippen LogP contribution < -0.4 is 5.32 Å². The molecule has 1 aliphatic rings. The van der Waals surface area contributed by atoms with Crippen LogP contribution in [0.1, 0.15) is 19.4 Å². The van der Waals surface area contributed by atoms with Gasteiger partial charge in [-0.05, 0) is 26.0 Å². The number of aliphatic hydroxyl groups is 1. The summed E-state index contributed by atoms with van der Waals surface area (Å²) in [6.07, 6.45) is -0.925. The average molecular weight is 313 g/mol. The Morgan fingerprint density at radius 1 is 1.41 bits per heavy atom. The van der Waals surface area contributed by atoms with E-state index in [0.29, 0.717) is 0 Å². The first kappa shape index (κ1) is 15.7. The number of halogens is 2. The van der Waals surface area contributed by atoms with Crippen molar-refractivity contribution < 1.29 is 33.0 Å². The van der Waals surface area contributed by atoms with Gasteiger partial charge in [-0.1, -0.05) is 6.07 Å². The molecular formula is C14H13F2NO5. The van der Waals surface area contributed by atoms with E-state index in [-0.39, 0.29) is 12.2 Å². The van der Waals surface area contributed by atoms with Crippen molar-refractivity contribution in [3.8, 4) is 0 Å². The van der Waals surface area contributed by atoms with Crippen molar-refractivity contribution in [2.24, 2.45) is 0 Å². The van der Waals surface area contributed by atoms with Crippen LogP contribution in [0.2, 0.25) is 0 Å². The standard InChI is InChI=1S/C14H13F2NO5/c1-3-21-13(20)17-12-10(18)11(19)14(2,22-12)7-4-5-8(15)9(16)6-7/h4-6,18H,3H2,1-2H3,(H,17,20). The highest BCUT2D eigenvalue weighted by molar-refractivity contribution is 6.03. The maximum Gasteiger partial charge on any atom is 0.414 e. The summed E-state index contributed by atoms with van der Waals surface area (Å²) in [5, 5.41) is 11.8. The van der Waals surface area contributed by atoms with Crippen molar-refractivity contribution in [1.29, 1.82) is 0 Å². The Labute approximate surface area is 124 Å². The van der Waals surface area contributed by atoms with Gasteiger partial charge >= 0.3 is 6.09 Å². The molecule has 0 fully saturated rings. The lowest BCUT2D eigenvalue weighted by atomic mass is 9.91. The number of rotatable bonds is 3. The largest absolute Gasteiger partial charge is 0.501 e. The molecule has 0 spiro atoms. The minimum atomic E-state index is -1.78. The van der Waals surface area contributed by atoms with Crippen LogP contribution in [0.5, 0.6) is 0 Å². The van der Waals surface area contributed by atoms with Gasteiger partial charge in [0.2, 0.25) is 11.6 Å². The van der Waals surface area contributed by atoms with Crippen molar-refractivity contribution in [1.82, 2.24) is 5.32 Å². The lowest BCUT2D eigenvalue weighted by Gasteiger charge is -2.23. The third-order valence-electron chi connectivity index (χ3n) is 3.13. The van der Waals surface area contributed by atoms with E-state index < -0.39 is 40.8 Å². The lowest BCUT2D eigenvalue weighted by Crippen LogP contribution is -2.32. The highest BCUT2D eigenvalue weighted by Gasteiger charge is 2.48. The van der Waals surface area contributed by atoms with Crippen molar-refractivity contribution in [2.45, 2.75) is 19.4 Å². The molecule has 1 aromatic carbocycles. The van der Waals surface area contributed by atoms with Crippen LogP contribution in [-0.2, 0) is 19.9 Å². The van der Waals surface area contributed by atoms with E-state index in [2.05, 4.69) is 10.1 Å². The van der Waals surface area contributed by atoms with E-state index in [0.717, 1.165) is 18.2 Å². The number of carbonyl (C=O) groups excluding carboxylic acids is 2. The van der Waals surface area contributed by atoms with Crippen LogP contribution in [0.4, 0.5) is 13.6 Å². The second-order valence-corrected chi connectivity index (χ2v) is 4.62. The molecule has 1 aromatic rings. The number of hydrogen-bond acceptors (Lipinski definition) is 5. The number of benzene rings is 1. The molecular weight excluding hydrogens is 300 g/mol. The first-order valence-corrected chi connectivity index (χ1v) is 6.36. The van der Waals surface area contributed by atoms with Gasteiger partial charge in [-0.25, -0.2) is 13.6 Å². The highest BCUT2D eigenvalue weighted by atomic mass is 19.2. The van der Waals surface area contributed by atoms with Gasteiger partial charge in [0.25, 0.3) is 5.78 Å². The number of amides is 1. The number of ether oxygens (including phenoxy) is 2. The molecule has 1 amide bonds. The summed E-state index contributed by atoms with van der Waals surface area (Å²) in [7, 11) is 0. The fourth-order valence-electron chi connectivity index (χ4n) is 1.96. The lowest BCUT2D eigenvalue weighted by molar-refractivity contribution is -0.131. The van der Waals surface area contributed by atoms with E-state index in [1.165, 1.54) is 6.92 Å². The maximum absolute atomic E-state index is 13.3. The zero-order chi connectivity index (χ0) is 16.5. The molecule has 0 saturated carbocycles. The molecule has 0 bridgehead atoms. The Morgan fingerprint density at radius 3 is 2.68 bits per heavy atom. The van der Waals surface area contributed by atoms with Crippen molar-refractivity contribution in [3.05, 3.63) is 47.0 Å². The Balaban J connectivity index is 2.29. The zero-order valence-electron chi connectivity index (χ0n) is 11.8. The molecule has 6 nitrogen and oxygen atoms in total. The molecule has 0 radical (unpaired) electrons. The quantitative estimate of drug-likeness (QED) is 0.894. The van der Waals surface area contributed by atoms with Gasteiger partial charge in [0.15, 0.2) is 17.2 Å². The highest BCUT2D eigenvalue weighted by Crippen LogP contribution is 2.37. The Bertz CT molecular complexity index is 673. The van der Waals surface area contributed by atoms with Gasteiger partial charge in [0, 0.05) is 5.56 Å². The van der Waals surface area contributed by atoms with Gasteiger partial charge in [-0.2, -0.15) is 0 Å². The topological polar surface area (TPSA) is 84.9 Å². The van der Waals surface area contributed by atoms with Crippen LogP contribution in [0.15, 0.2) is 29.8 Å². The number of alkyl carbamates (subject to hydrolysis) is 1. The van der Waals surface area contributed by atoms with Crippen molar-refractivity contribution in [3.63, 3.8) is 0 Å². The minimum absolute atomic E-state index is 0.0105. The zero-order valence-corrected chi connectivity index (χ0v) is 11.8.